The summed E-state index contributed by atoms with van der Waals surface area (Å²) in [5, 5.41) is 3.83. The fourth-order valence-corrected chi connectivity index (χ4v) is 1.65. The Balaban J connectivity index is 2.12. The lowest BCUT2D eigenvalue weighted by Crippen LogP contribution is -2.37. The number of hydrogen-bond acceptors (Lipinski definition) is 3. The molecule has 2 heterocycles. The van der Waals surface area contributed by atoms with E-state index >= 15 is 0 Å². The van der Waals surface area contributed by atoms with Crippen LogP contribution in [0.1, 0.15) is 12.5 Å². The van der Waals surface area contributed by atoms with Crippen LogP contribution < -0.4 is 11.1 Å². The number of aromatic nitrogens is 2. The van der Waals surface area contributed by atoms with Gasteiger partial charge in [-0.3, -0.25) is 4.79 Å². The number of hydrogen-bond donors (Lipinski definition) is 2. The number of pyridine rings is 1. The van der Waals surface area contributed by atoms with Crippen LogP contribution in [0.4, 0.5) is 0 Å². The van der Waals surface area contributed by atoms with Gasteiger partial charge in [-0.25, -0.2) is 4.98 Å². The molecule has 5 heteroatoms. The van der Waals surface area contributed by atoms with Gasteiger partial charge in [0.2, 0.25) is 5.91 Å². The Hall–Kier alpha value is -1.88. The highest BCUT2D eigenvalue weighted by Gasteiger charge is 2.07. The zero-order valence-electron chi connectivity index (χ0n) is 9.97. The van der Waals surface area contributed by atoms with Crippen LogP contribution in [0.25, 0.3) is 11.0 Å². The lowest BCUT2D eigenvalue weighted by molar-refractivity contribution is -0.122. The molecule has 0 spiro atoms. The van der Waals surface area contributed by atoms with E-state index in [4.69, 9.17) is 5.73 Å². The van der Waals surface area contributed by atoms with Crippen LogP contribution in [0.5, 0.6) is 0 Å². The van der Waals surface area contributed by atoms with Crippen LogP contribution in [0.15, 0.2) is 24.5 Å². The minimum Gasteiger partial charge on any atom is -0.351 e. The molecule has 0 radical (unpaired) electrons. The van der Waals surface area contributed by atoms with E-state index in [1.54, 1.807) is 13.1 Å². The summed E-state index contributed by atoms with van der Waals surface area (Å²) in [6, 6.07) is 3.53. The Morgan fingerprint density at radius 2 is 2.41 bits per heavy atom. The van der Waals surface area contributed by atoms with Crippen LogP contribution in [0.2, 0.25) is 0 Å². The van der Waals surface area contributed by atoms with Gasteiger partial charge in [0.25, 0.3) is 0 Å². The molecule has 2 aromatic rings. The highest BCUT2D eigenvalue weighted by atomic mass is 16.2. The molecule has 0 aliphatic carbocycles. The first-order valence-electron chi connectivity index (χ1n) is 5.51. The molecule has 2 aromatic heterocycles. The van der Waals surface area contributed by atoms with Gasteiger partial charge in [0.15, 0.2) is 0 Å². The van der Waals surface area contributed by atoms with E-state index in [0.29, 0.717) is 6.54 Å². The summed E-state index contributed by atoms with van der Waals surface area (Å²) in [6.45, 7) is 2.12. The first kappa shape index (κ1) is 11.6. The summed E-state index contributed by atoms with van der Waals surface area (Å²) in [5.41, 5.74) is 7.37. The van der Waals surface area contributed by atoms with Crippen molar-refractivity contribution in [3.63, 3.8) is 0 Å². The van der Waals surface area contributed by atoms with Gasteiger partial charge in [-0.15, -0.1) is 0 Å². The second-order valence-corrected chi connectivity index (χ2v) is 4.19. The number of fused-ring (bicyclic) bond motifs is 1. The third-order valence-electron chi connectivity index (χ3n) is 2.64. The molecule has 0 unspecified atom stereocenters. The molecule has 2 rings (SSSR count). The monoisotopic (exact) mass is 232 g/mol. The van der Waals surface area contributed by atoms with E-state index in [2.05, 4.69) is 10.3 Å². The number of nitrogens with one attached hydrogen (secondary N) is 1. The van der Waals surface area contributed by atoms with Gasteiger partial charge >= 0.3 is 0 Å². The Morgan fingerprint density at radius 3 is 3.12 bits per heavy atom. The number of nitrogens with two attached hydrogens (primary N) is 1. The van der Waals surface area contributed by atoms with Crippen molar-refractivity contribution in [3.8, 4) is 0 Å². The Bertz CT molecular complexity index is 544. The Labute approximate surface area is 99.6 Å². The van der Waals surface area contributed by atoms with E-state index in [0.717, 1.165) is 16.6 Å². The molecule has 0 aliphatic rings. The lowest BCUT2D eigenvalue weighted by Gasteiger charge is -2.07. The van der Waals surface area contributed by atoms with Crippen molar-refractivity contribution in [3.05, 3.63) is 30.1 Å². The van der Waals surface area contributed by atoms with Crippen molar-refractivity contribution < 1.29 is 4.79 Å². The quantitative estimate of drug-likeness (QED) is 0.811. The van der Waals surface area contributed by atoms with E-state index in [1.165, 1.54) is 0 Å². The summed E-state index contributed by atoms with van der Waals surface area (Å²) < 4.78 is 1.96. The van der Waals surface area contributed by atoms with E-state index < -0.39 is 6.04 Å². The van der Waals surface area contributed by atoms with E-state index in [9.17, 15) is 4.79 Å². The molecule has 1 amide bonds. The Kier molecular flexibility index (Phi) is 3.10. The van der Waals surface area contributed by atoms with Crippen LogP contribution in [0.3, 0.4) is 0 Å². The molecule has 0 fully saturated rings. The van der Waals surface area contributed by atoms with Gasteiger partial charge in [-0.2, -0.15) is 0 Å². The maximum atomic E-state index is 11.3. The van der Waals surface area contributed by atoms with Crippen molar-refractivity contribution in [2.24, 2.45) is 12.8 Å². The minimum absolute atomic E-state index is 0.154. The Morgan fingerprint density at radius 1 is 1.65 bits per heavy atom. The van der Waals surface area contributed by atoms with Crippen molar-refractivity contribution in [1.82, 2.24) is 14.9 Å². The molecular weight excluding hydrogens is 216 g/mol. The summed E-state index contributed by atoms with van der Waals surface area (Å²) in [7, 11) is 1.95. The normalized spacial score (nSPS) is 12.6. The summed E-state index contributed by atoms with van der Waals surface area (Å²) >= 11 is 0. The summed E-state index contributed by atoms with van der Waals surface area (Å²) in [6.07, 6.45) is 3.73. The van der Waals surface area contributed by atoms with Crippen LogP contribution >= 0.6 is 0 Å². The number of rotatable bonds is 3. The van der Waals surface area contributed by atoms with Crippen LogP contribution in [-0.2, 0) is 18.4 Å². The fourth-order valence-electron chi connectivity index (χ4n) is 1.65. The van der Waals surface area contributed by atoms with Crippen LogP contribution in [-0.4, -0.2) is 21.5 Å². The molecule has 0 saturated carbocycles. The number of carbonyl (C=O) groups excluding carboxylic acids is 1. The smallest absolute Gasteiger partial charge is 0.236 e. The number of aryl methyl sites for hydroxylation is 1. The predicted molar refractivity (Wildman–Crippen MR) is 66.2 cm³/mol. The third-order valence-corrected chi connectivity index (χ3v) is 2.64. The molecule has 0 aliphatic heterocycles. The van der Waals surface area contributed by atoms with Gasteiger partial charge in [-0.05, 0) is 24.6 Å². The molecule has 17 heavy (non-hydrogen) atoms. The number of nitrogens with zero attached hydrogens (tertiary/aromatic N) is 2. The third kappa shape index (κ3) is 2.45. The standard InChI is InChI=1S/C12H16N4O/c1-8(13)12(17)15-7-9-5-10-3-4-16(2)11(10)14-6-9/h3-6,8H,7,13H2,1-2H3,(H,15,17)/t8-/m0/s1. The fraction of sp³-hybridized carbons (Fsp3) is 0.333. The summed E-state index contributed by atoms with van der Waals surface area (Å²) in [5.74, 6) is -0.154. The largest absolute Gasteiger partial charge is 0.351 e. The summed E-state index contributed by atoms with van der Waals surface area (Å²) in [4.78, 5) is 15.7. The first-order valence-corrected chi connectivity index (χ1v) is 5.51. The first-order chi connectivity index (χ1) is 8.08. The average Bonchev–Trinajstić information content (AvgIpc) is 2.67. The molecule has 90 valence electrons. The second kappa shape index (κ2) is 4.55. The molecule has 0 bridgehead atoms. The SMILES string of the molecule is C[C@H](N)C(=O)NCc1cnc2c(ccn2C)c1. The zero-order chi connectivity index (χ0) is 12.4. The second-order valence-electron chi connectivity index (χ2n) is 4.19. The molecule has 3 N–H and O–H groups in total. The highest BCUT2D eigenvalue weighted by Crippen LogP contribution is 2.13. The van der Waals surface area contributed by atoms with Crippen molar-refractivity contribution in [2.75, 3.05) is 0 Å². The zero-order valence-corrected chi connectivity index (χ0v) is 9.97. The van der Waals surface area contributed by atoms with E-state index in [-0.39, 0.29) is 5.91 Å². The molecular formula is C12H16N4O. The topological polar surface area (TPSA) is 72.9 Å². The average molecular weight is 232 g/mol. The molecule has 0 saturated heterocycles. The van der Waals surface area contributed by atoms with E-state index in [1.807, 2.05) is 29.9 Å². The molecule has 0 aromatic carbocycles. The van der Waals surface area contributed by atoms with Gasteiger partial charge in [0.1, 0.15) is 5.65 Å². The van der Waals surface area contributed by atoms with Crippen molar-refractivity contribution in [1.29, 1.82) is 0 Å². The van der Waals surface area contributed by atoms with Gasteiger partial charge in [0.05, 0.1) is 6.04 Å². The van der Waals surface area contributed by atoms with Gasteiger partial charge in [0, 0.05) is 31.4 Å². The van der Waals surface area contributed by atoms with Crippen LogP contribution in [0, 0.1) is 0 Å². The minimum atomic E-state index is -0.483. The lowest BCUT2D eigenvalue weighted by atomic mass is 10.2. The van der Waals surface area contributed by atoms with Gasteiger partial charge < -0.3 is 15.6 Å². The number of carbonyl (C=O) groups is 1. The molecule has 5 nitrogen and oxygen atoms in total. The van der Waals surface area contributed by atoms with Crippen molar-refractivity contribution >= 4 is 16.9 Å². The highest BCUT2D eigenvalue weighted by molar-refractivity contribution is 5.81. The van der Waals surface area contributed by atoms with Gasteiger partial charge in [-0.1, -0.05) is 0 Å². The number of amides is 1. The molecule has 1 atom stereocenters. The van der Waals surface area contributed by atoms with Crippen molar-refractivity contribution in [2.45, 2.75) is 19.5 Å². The maximum Gasteiger partial charge on any atom is 0.236 e. The maximum absolute atomic E-state index is 11.3. The predicted octanol–water partition coefficient (Wildman–Crippen LogP) is 0.537.